The highest BCUT2D eigenvalue weighted by Gasteiger charge is 2.15. The SMILES string of the molecule is NNC(=O)c1ccoc1Cn1cc(Cl)c2ccccc21. The Labute approximate surface area is 119 Å². The summed E-state index contributed by atoms with van der Waals surface area (Å²) in [5.41, 5.74) is 3.50. The number of nitrogen functional groups attached to an aromatic ring is 1. The number of fused-ring (bicyclic) bond motifs is 1. The topological polar surface area (TPSA) is 73.2 Å². The summed E-state index contributed by atoms with van der Waals surface area (Å²) in [5.74, 6) is 5.31. The number of furan rings is 1. The van der Waals surface area contributed by atoms with Crippen molar-refractivity contribution >= 4 is 28.4 Å². The number of nitrogens with one attached hydrogen (secondary N) is 1. The zero-order valence-corrected chi connectivity index (χ0v) is 11.2. The molecule has 0 saturated carbocycles. The molecule has 3 N–H and O–H groups in total. The van der Waals surface area contributed by atoms with Gasteiger partial charge in [0.15, 0.2) is 0 Å². The van der Waals surface area contributed by atoms with Crippen molar-refractivity contribution in [3.63, 3.8) is 0 Å². The van der Waals surface area contributed by atoms with Crippen LogP contribution in [0.4, 0.5) is 0 Å². The van der Waals surface area contributed by atoms with Crippen molar-refractivity contribution in [2.45, 2.75) is 6.54 Å². The number of halogens is 1. The molecule has 0 radical (unpaired) electrons. The number of para-hydroxylation sites is 1. The summed E-state index contributed by atoms with van der Waals surface area (Å²) in [6.45, 7) is 0.406. The second-order valence-electron chi connectivity index (χ2n) is 4.35. The maximum Gasteiger partial charge on any atom is 0.268 e. The van der Waals surface area contributed by atoms with Gasteiger partial charge in [-0.1, -0.05) is 29.8 Å². The van der Waals surface area contributed by atoms with E-state index in [1.165, 1.54) is 6.26 Å². The monoisotopic (exact) mass is 289 g/mol. The molecule has 2 heterocycles. The van der Waals surface area contributed by atoms with Crippen LogP contribution in [-0.2, 0) is 6.54 Å². The Kier molecular flexibility index (Phi) is 3.22. The van der Waals surface area contributed by atoms with Crippen LogP contribution in [0, 0.1) is 0 Å². The van der Waals surface area contributed by atoms with Gasteiger partial charge in [0.1, 0.15) is 5.76 Å². The first-order valence-corrected chi connectivity index (χ1v) is 6.39. The molecule has 3 rings (SSSR count). The highest BCUT2D eigenvalue weighted by molar-refractivity contribution is 6.35. The van der Waals surface area contributed by atoms with E-state index in [1.54, 1.807) is 6.07 Å². The van der Waals surface area contributed by atoms with Gasteiger partial charge >= 0.3 is 0 Å². The molecule has 0 bridgehead atoms. The largest absolute Gasteiger partial charge is 0.467 e. The Morgan fingerprint density at radius 3 is 2.95 bits per heavy atom. The van der Waals surface area contributed by atoms with E-state index in [1.807, 2.05) is 35.0 Å². The number of carbonyl (C=O) groups excluding carboxylic acids is 1. The molecule has 0 saturated heterocycles. The molecule has 102 valence electrons. The van der Waals surface area contributed by atoms with Crippen LogP contribution in [0.5, 0.6) is 0 Å². The first-order valence-electron chi connectivity index (χ1n) is 6.01. The minimum atomic E-state index is -0.378. The smallest absolute Gasteiger partial charge is 0.268 e. The van der Waals surface area contributed by atoms with E-state index in [-0.39, 0.29) is 5.91 Å². The number of carbonyl (C=O) groups is 1. The number of benzene rings is 1. The molecular weight excluding hydrogens is 278 g/mol. The summed E-state index contributed by atoms with van der Waals surface area (Å²) in [5, 5.41) is 1.63. The Morgan fingerprint density at radius 1 is 1.35 bits per heavy atom. The van der Waals surface area contributed by atoms with Gasteiger partial charge < -0.3 is 8.98 Å². The predicted octanol–water partition coefficient (Wildman–Crippen LogP) is 2.54. The van der Waals surface area contributed by atoms with Gasteiger partial charge in [0.05, 0.1) is 23.4 Å². The third-order valence-corrected chi connectivity index (χ3v) is 3.48. The maximum absolute atomic E-state index is 11.6. The third-order valence-electron chi connectivity index (χ3n) is 3.18. The van der Waals surface area contributed by atoms with Crippen molar-refractivity contribution in [2.24, 2.45) is 5.84 Å². The summed E-state index contributed by atoms with van der Waals surface area (Å²) >= 11 is 6.20. The van der Waals surface area contributed by atoms with E-state index >= 15 is 0 Å². The van der Waals surface area contributed by atoms with Gasteiger partial charge in [-0.3, -0.25) is 10.2 Å². The van der Waals surface area contributed by atoms with E-state index in [2.05, 4.69) is 5.43 Å². The Balaban J connectivity index is 2.02. The van der Waals surface area contributed by atoms with E-state index in [0.29, 0.717) is 22.9 Å². The lowest BCUT2D eigenvalue weighted by molar-refractivity contribution is 0.0951. The quantitative estimate of drug-likeness (QED) is 0.442. The summed E-state index contributed by atoms with van der Waals surface area (Å²) in [7, 11) is 0. The van der Waals surface area contributed by atoms with Gasteiger partial charge in [0.2, 0.25) is 0 Å². The second kappa shape index (κ2) is 5.03. The molecular formula is C14H12ClN3O2. The molecule has 0 fully saturated rings. The maximum atomic E-state index is 11.6. The minimum absolute atomic E-state index is 0.378. The molecule has 2 aromatic heterocycles. The summed E-state index contributed by atoms with van der Waals surface area (Å²) in [6.07, 6.45) is 3.28. The van der Waals surface area contributed by atoms with Crippen molar-refractivity contribution in [3.05, 3.63) is 59.1 Å². The van der Waals surface area contributed by atoms with Crippen molar-refractivity contribution in [1.82, 2.24) is 9.99 Å². The zero-order valence-electron chi connectivity index (χ0n) is 10.5. The van der Waals surface area contributed by atoms with Crippen LogP contribution in [0.3, 0.4) is 0 Å². The van der Waals surface area contributed by atoms with Crippen LogP contribution in [0.1, 0.15) is 16.1 Å². The van der Waals surface area contributed by atoms with Crippen LogP contribution in [-0.4, -0.2) is 10.5 Å². The summed E-state index contributed by atoms with van der Waals surface area (Å²) in [6, 6.07) is 9.37. The highest BCUT2D eigenvalue weighted by atomic mass is 35.5. The Morgan fingerprint density at radius 2 is 2.15 bits per heavy atom. The Hall–Kier alpha value is -2.24. The Bertz CT molecular complexity index is 776. The van der Waals surface area contributed by atoms with Crippen molar-refractivity contribution in [2.75, 3.05) is 0 Å². The van der Waals surface area contributed by atoms with Crippen molar-refractivity contribution in [1.29, 1.82) is 0 Å². The van der Waals surface area contributed by atoms with Crippen LogP contribution >= 0.6 is 11.6 Å². The molecule has 6 heteroatoms. The van der Waals surface area contributed by atoms with Gasteiger partial charge in [-0.05, 0) is 12.1 Å². The third kappa shape index (κ3) is 2.07. The average molecular weight is 290 g/mol. The molecule has 5 nitrogen and oxygen atoms in total. The molecule has 0 aliphatic rings. The lowest BCUT2D eigenvalue weighted by Gasteiger charge is -2.05. The number of hydrazine groups is 1. The average Bonchev–Trinajstić information content (AvgIpc) is 3.05. The molecule has 3 aromatic rings. The van der Waals surface area contributed by atoms with Gasteiger partial charge in [-0.25, -0.2) is 5.84 Å². The number of nitrogens with zero attached hydrogens (tertiary/aromatic N) is 1. The van der Waals surface area contributed by atoms with E-state index in [9.17, 15) is 4.79 Å². The van der Waals surface area contributed by atoms with E-state index in [4.69, 9.17) is 21.9 Å². The molecule has 0 atom stereocenters. The first-order chi connectivity index (χ1) is 9.70. The molecule has 20 heavy (non-hydrogen) atoms. The van der Waals surface area contributed by atoms with Gasteiger partial charge in [-0.2, -0.15) is 0 Å². The lowest BCUT2D eigenvalue weighted by Crippen LogP contribution is -2.30. The van der Waals surface area contributed by atoms with Crippen molar-refractivity contribution < 1.29 is 9.21 Å². The lowest BCUT2D eigenvalue weighted by atomic mass is 10.2. The van der Waals surface area contributed by atoms with Crippen LogP contribution < -0.4 is 11.3 Å². The summed E-state index contributed by atoms with van der Waals surface area (Å²) in [4.78, 5) is 11.6. The molecule has 1 aromatic carbocycles. The highest BCUT2D eigenvalue weighted by Crippen LogP contribution is 2.26. The van der Waals surface area contributed by atoms with Gasteiger partial charge in [-0.15, -0.1) is 0 Å². The van der Waals surface area contributed by atoms with Crippen LogP contribution in [0.15, 0.2) is 47.2 Å². The van der Waals surface area contributed by atoms with Crippen molar-refractivity contribution in [3.8, 4) is 0 Å². The first kappa shape index (κ1) is 12.8. The number of hydrogen-bond acceptors (Lipinski definition) is 3. The van der Waals surface area contributed by atoms with E-state index in [0.717, 1.165) is 10.9 Å². The van der Waals surface area contributed by atoms with E-state index < -0.39 is 0 Å². The van der Waals surface area contributed by atoms with Crippen LogP contribution in [0.2, 0.25) is 5.02 Å². The number of nitrogens with two attached hydrogens (primary N) is 1. The number of rotatable bonds is 3. The standard InChI is InChI=1S/C14H12ClN3O2/c15-11-7-18(12-4-2-1-3-9(11)12)8-13-10(5-6-20-13)14(19)17-16/h1-7H,8,16H2,(H,17,19). The second-order valence-corrected chi connectivity index (χ2v) is 4.76. The van der Waals surface area contributed by atoms with Gasteiger partial charge in [0.25, 0.3) is 5.91 Å². The molecule has 1 amide bonds. The zero-order chi connectivity index (χ0) is 14.1. The fraction of sp³-hybridized carbons (Fsp3) is 0.0714. The fourth-order valence-electron chi connectivity index (χ4n) is 2.23. The van der Waals surface area contributed by atoms with Gasteiger partial charge in [0, 0.05) is 17.1 Å². The molecule has 0 aliphatic heterocycles. The van der Waals surface area contributed by atoms with Crippen LogP contribution in [0.25, 0.3) is 10.9 Å². The molecule has 0 spiro atoms. The number of aromatic nitrogens is 1. The number of hydrogen-bond donors (Lipinski definition) is 2. The molecule has 0 aliphatic carbocycles. The normalized spacial score (nSPS) is 10.9. The molecule has 0 unspecified atom stereocenters. The summed E-state index contributed by atoms with van der Waals surface area (Å²) < 4.78 is 7.30. The predicted molar refractivity (Wildman–Crippen MR) is 76.4 cm³/mol. The minimum Gasteiger partial charge on any atom is -0.467 e. The fourth-order valence-corrected chi connectivity index (χ4v) is 2.51. The number of amides is 1.